The number of sulfone groups is 1. The van der Waals surface area contributed by atoms with Crippen LogP contribution in [0.25, 0.3) is 5.69 Å². The Labute approximate surface area is 270 Å². The molecule has 3 aromatic carbocycles. The van der Waals surface area contributed by atoms with E-state index in [0.717, 1.165) is 11.8 Å². The van der Waals surface area contributed by atoms with E-state index in [1.54, 1.807) is 53.4 Å². The lowest BCUT2D eigenvalue weighted by Crippen LogP contribution is -2.46. The summed E-state index contributed by atoms with van der Waals surface area (Å²) in [7, 11) is -1.83. The van der Waals surface area contributed by atoms with Crippen LogP contribution in [0.2, 0.25) is 10.0 Å². The maximum absolute atomic E-state index is 14.2. The number of aromatic nitrogens is 2. The minimum Gasteiger partial charge on any atom is -0.355 e. The van der Waals surface area contributed by atoms with Crippen LogP contribution in [0.5, 0.6) is 0 Å². The van der Waals surface area contributed by atoms with Crippen LogP contribution in [0.3, 0.4) is 0 Å². The Balaban J connectivity index is 1.57. The lowest BCUT2D eigenvalue weighted by molar-refractivity contribution is 0.0653. The van der Waals surface area contributed by atoms with Crippen molar-refractivity contribution in [2.24, 2.45) is 0 Å². The summed E-state index contributed by atoms with van der Waals surface area (Å²) < 4.78 is 25.4. The van der Waals surface area contributed by atoms with Crippen LogP contribution in [-0.2, 0) is 22.8 Å². The molecular weight excluding hydrogens is 637 g/mol. The van der Waals surface area contributed by atoms with Crippen molar-refractivity contribution < 1.29 is 18.0 Å². The highest BCUT2D eigenvalue weighted by atomic mass is 35.5. The standard InChI is InChI=1S/C32H31Cl2N5O5S/c1-18-15-25-28(17-38(18)30(41)22-9-14-26(33)27(34)16-22)37-32(36-19(2)20-7-12-24(13-8-20)45(4,43)44)39(31(25)42)23-10-5-21(6-11-23)29(40)35-3/h5-14,16,18-19H,15,17H2,1-4H3,(H,35,40)(H,36,37)/t18-,19?/m1/s1. The number of nitrogens with zero attached hydrogens (tertiary/aromatic N) is 3. The fourth-order valence-electron chi connectivity index (χ4n) is 5.25. The van der Waals surface area contributed by atoms with Gasteiger partial charge in [0.25, 0.3) is 17.4 Å². The summed E-state index contributed by atoms with van der Waals surface area (Å²) in [6, 6.07) is 17.0. The van der Waals surface area contributed by atoms with Crippen molar-refractivity contribution in [3.63, 3.8) is 0 Å². The van der Waals surface area contributed by atoms with E-state index in [2.05, 4.69) is 10.6 Å². The zero-order valence-corrected chi connectivity index (χ0v) is 27.3. The number of carbonyl (C=O) groups excluding carboxylic acids is 2. The Morgan fingerprint density at radius 3 is 2.22 bits per heavy atom. The first-order valence-electron chi connectivity index (χ1n) is 14.1. The van der Waals surface area contributed by atoms with E-state index < -0.39 is 15.9 Å². The van der Waals surface area contributed by atoms with Gasteiger partial charge >= 0.3 is 0 Å². The normalized spacial score (nSPS) is 15.2. The highest BCUT2D eigenvalue weighted by molar-refractivity contribution is 7.90. The molecule has 0 aliphatic carbocycles. The molecule has 0 fully saturated rings. The van der Waals surface area contributed by atoms with E-state index in [1.165, 1.54) is 29.8 Å². The molecule has 0 saturated carbocycles. The topological polar surface area (TPSA) is 130 Å². The number of hydrogen-bond donors (Lipinski definition) is 2. The fourth-order valence-corrected chi connectivity index (χ4v) is 6.18. The minimum atomic E-state index is -3.37. The van der Waals surface area contributed by atoms with Gasteiger partial charge in [0.1, 0.15) is 0 Å². The molecule has 1 aliphatic rings. The third-order valence-electron chi connectivity index (χ3n) is 7.81. The van der Waals surface area contributed by atoms with E-state index in [1.807, 2.05) is 13.8 Å². The average Bonchev–Trinajstić information content (AvgIpc) is 3.01. The molecule has 10 nitrogen and oxygen atoms in total. The van der Waals surface area contributed by atoms with Gasteiger partial charge in [0.15, 0.2) is 9.84 Å². The second-order valence-electron chi connectivity index (χ2n) is 10.9. The molecule has 2 heterocycles. The van der Waals surface area contributed by atoms with Gasteiger partial charge in [-0.2, -0.15) is 0 Å². The van der Waals surface area contributed by atoms with Crippen molar-refractivity contribution in [1.82, 2.24) is 19.8 Å². The molecule has 0 spiro atoms. The number of fused-ring (bicyclic) bond motifs is 1. The van der Waals surface area contributed by atoms with Gasteiger partial charge < -0.3 is 15.5 Å². The Kier molecular flexibility index (Phi) is 9.06. The number of nitrogens with one attached hydrogen (secondary N) is 2. The lowest BCUT2D eigenvalue weighted by Gasteiger charge is -2.35. The molecule has 4 aromatic rings. The Morgan fingerprint density at radius 2 is 1.62 bits per heavy atom. The summed E-state index contributed by atoms with van der Waals surface area (Å²) >= 11 is 12.2. The van der Waals surface area contributed by atoms with E-state index in [0.29, 0.717) is 33.1 Å². The van der Waals surface area contributed by atoms with Crippen LogP contribution < -0.4 is 16.2 Å². The summed E-state index contributed by atoms with van der Waals surface area (Å²) in [6.45, 7) is 3.82. The van der Waals surface area contributed by atoms with Gasteiger partial charge in [-0.05, 0) is 80.4 Å². The maximum atomic E-state index is 14.2. The highest BCUT2D eigenvalue weighted by Gasteiger charge is 2.32. The Morgan fingerprint density at radius 1 is 0.978 bits per heavy atom. The SMILES string of the molecule is CNC(=O)c1ccc(-n2c(NC(C)c3ccc(S(C)(=O)=O)cc3)nc3c(c2=O)C[C@@H](C)N(C(=O)c2ccc(Cl)c(Cl)c2)C3)cc1. The molecule has 2 amide bonds. The van der Waals surface area contributed by atoms with Crippen LogP contribution in [-0.4, -0.2) is 54.0 Å². The second kappa shape index (κ2) is 12.7. The van der Waals surface area contributed by atoms with Crippen molar-refractivity contribution in [3.05, 3.63) is 115 Å². The quantitative estimate of drug-likeness (QED) is 0.282. The maximum Gasteiger partial charge on any atom is 0.263 e. The lowest BCUT2D eigenvalue weighted by atomic mass is 9.98. The molecule has 234 valence electrons. The van der Waals surface area contributed by atoms with Crippen LogP contribution >= 0.6 is 23.2 Å². The van der Waals surface area contributed by atoms with Gasteiger partial charge in [-0.1, -0.05) is 35.3 Å². The van der Waals surface area contributed by atoms with E-state index in [4.69, 9.17) is 28.2 Å². The molecule has 1 aliphatic heterocycles. The summed E-state index contributed by atoms with van der Waals surface area (Å²) in [6.07, 6.45) is 1.42. The summed E-state index contributed by atoms with van der Waals surface area (Å²) in [5.74, 6) is -0.304. The minimum absolute atomic E-state index is 0.0907. The van der Waals surface area contributed by atoms with Gasteiger partial charge in [0.2, 0.25) is 5.95 Å². The molecule has 2 atom stereocenters. The first-order valence-corrected chi connectivity index (χ1v) is 16.7. The average molecular weight is 669 g/mol. The molecule has 13 heteroatoms. The van der Waals surface area contributed by atoms with E-state index in [9.17, 15) is 22.8 Å². The smallest absolute Gasteiger partial charge is 0.263 e. The van der Waals surface area contributed by atoms with Crippen molar-refractivity contribution in [2.45, 2.75) is 43.8 Å². The summed E-state index contributed by atoms with van der Waals surface area (Å²) in [5.41, 5.74) is 2.68. The van der Waals surface area contributed by atoms with Gasteiger partial charge in [-0.25, -0.2) is 18.0 Å². The van der Waals surface area contributed by atoms with Crippen LogP contribution in [0.4, 0.5) is 5.95 Å². The molecular formula is C32H31Cl2N5O5S. The van der Waals surface area contributed by atoms with Crippen LogP contribution in [0.15, 0.2) is 76.4 Å². The van der Waals surface area contributed by atoms with Gasteiger partial charge in [-0.15, -0.1) is 0 Å². The van der Waals surface area contributed by atoms with Crippen molar-refractivity contribution in [3.8, 4) is 5.69 Å². The predicted octanol–water partition coefficient (Wildman–Crippen LogP) is 5.06. The molecule has 5 rings (SSSR count). The van der Waals surface area contributed by atoms with Crippen molar-refractivity contribution in [2.75, 3.05) is 18.6 Å². The first kappa shape index (κ1) is 32.2. The van der Waals surface area contributed by atoms with E-state index >= 15 is 0 Å². The zero-order valence-electron chi connectivity index (χ0n) is 25.0. The van der Waals surface area contributed by atoms with Crippen LogP contribution in [0, 0.1) is 0 Å². The zero-order chi connectivity index (χ0) is 32.6. The highest BCUT2D eigenvalue weighted by Crippen LogP contribution is 2.29. The molecule has 0 saturated heterocycles. The summed E-state index contributed by atoms with van der Waals surface area (Å²) in [5, 5.41) is 6.50. The molecule has 0 radical (unpaired) electrons. The van der Waals surface area contributed by atoms with Gasteiger partial charge in [-0.3, -0.25) is 14.4 Å². The second-order valence-corrected chi connectivity index (χ2v) is 13.8. The van der Waals surface area contributed by atoms with Gasteiger partial charge in [0, 0.05) is 36.0 Å². The number of halogens is 2. The predicted molar refractivity (Wildman–Crippen MR) is 174 cm³/mol. The number of carbonyl (C=O) groups is 2. The Hall–Kier alpha value is -4.19. The molecule has 0 bridgehead atoms. The number of anilines is 1. The van der Waals surface area contributed by atoms with Crippen molar-refractivity contribution >= 4 is 50.8 Å². The van der Waals surface area contributed by atoms with E-state index in [-0.39, 0.29) is 52.2 Å². The summed E-state index contributed by atoms with van der Waals surface area (Å²) in [4.78, 5) is 46.6. The number of rotatable bonds is 7. The number of benzene rings is 3. The fraction of sp³-hybridized carbons (Fsp3) is 0.250. The van der Waals surface area contributed by atoms with Crippen molar-refractivity contribution in [1.29, 1.82) is 0 Å². The van der Waals surface area contributed by atoms with Gasteiger partial charge in [0.05, 0.1) is 38.9 Å². The molecule has 1 aromatic heterocycles. The molecule has 2 N–H and O–H groups in total. The molecule has 45 heavy (non-hydrogen) atoms. The largest absolute Gasteiger partial charge is 0.355 e. The Bertz CT molecular complexity index is 1960. The number of amides is 2. The first-order chi connectivity index (χ1) is 21.3. The third kappa shape index (κ3) is 6.61. The monoisotopic (exact) mass is 667 g/mol. The molecule has 1 unspecified atom stereocenters. The number of hydrogen-bond acceptors (Lipinski definition) is 7. The third-order valence-corrected chi connectivity index (χ3v) is 9.68. The van der Waals surface area contributed by atoms with Crippen LogP contribution in [0.1, 0.15) is 57.4 Å².